The Balaban J connectivity index is 1.94. The van der Waals surface area contributed by atoms with E-state index in [9.17, 15) is 14.4 Å². The highest BCUT2D eigenvalue weighted by atomic mass is 16.5. The zero-order valence-corrected chi connectivity index (χ0v) is 14.3. The van der Waals surface area contributed by atoms with Crippen molar-refractivity contribution in [1.82, 2.24) is 0 Å². The van der Waals surface area contributed by atoms with E-state index in [4.69, 9.17) is 4.74 Å². The van der Waals surface area contributed by atoms with Crippen LogP contribution in [0, 0.1) is 0 Å². The Morgan fingerprint density at radius 1 is 0.885 bits per heavy atom. The number of carbonyl (C=O) groups excluding carboxylic acids is 3. The maximum atomic E-state index is 13.0. The molecule has 2 amide bonds. The van der Waals surface area contributed by atoms with E-state index in [0.29, 0.717) is 38.9 Å². The fourth-order valence-electron chi connectivity index (χ4n) is 3.37. The first-order valence-corrected chi connectivity index (χ1v) is 8.12. The molecule has 0 N–H and O–H groups in total. The fourth-order valence-corrected chi connectivity index (χ4v) is 3.37. The van der Waals surface area contributed by atoms with Gasteiger partial charge in [-0.3, -0.25) is 14.4 Å². The minimum Gasteiger partial charge on any atom is -0.497 e. The van der Waals surface area contributed by atoms with Gasteiger partial charge >= 0.3 is 0 Å². The van der Waals surface area contributed by atoms with Crippen LogP contribution in [0.3, 0.4) is 0 Å². The summed E-state index contributed by atoms with van der Waals surface area (Å²) in [6.45, 7) is 1.47. The topological polar surface area (TPSA) is 63.7 Å². The van der Waals surface area contributed by atoms with Gasteiger partial charge in [0.1, 0.15) is 5.75 Å². The number of hydrogen-bond acceptors (Lipinski definition) is 4. The van der Waals surface area contributed by atoms with Crippen molar-refractivity contribution >= 4 is 34.1 Å². The first kappa shape index (κ1) is 16.0. The van der Waals surface area contributed by atoms with E-state index < -0.39 is 11.8 Å². The van der Waals surface area contributed by atoms with Gasteiger partial charge in [-0.1, -0.05) is 12.1 Å². The summed E-state index contributed by atoms with van der Waals surface area (Å²) in [5.41, 5.74) is 1.80. The number of benzene rings is 3. The Bertz CT molecular complexity index is 1060. The summed E-state index contributed by atoms with van der Waals surface area (Å²) in [6.07, 6.45) is 0. The molecule has 0 spiro atoms. The Morgan fingerprint density at radius 2 is 1.54 bits per heavy atom. The number of amides is 2. The first-order chi connectivity index (χ1) is 12.5. The van der Waals surface area contributed by atoms with Crippen LogP contribution < -0.4 is 9.64 Å². The van der Waals surface area contributed by atoms with Gasteiger partial charge in [-0.25, -0.2) is 4.90 Å². The lowest BCUT2D eigenvalue weighted by atomic mass is 9.90. The van der Waals surface area contributed by atoms with Crippen molar-refractivity contribution in [2.24, 2.45) is 0 Å². The lowest BCUT2D eigenvalue weighted by Crippen LogP contribution is -2.40. The van der Waals surface area contributed by atoms with Crippen LogP contribution in [0.2, 0.25) is 0 Å². The molecule has 0 bridgehead atoms. The van der Waals surface area contributed by atoms with Crippen LogP contribution in [-0.4, -0.2) is 24.7 Å². The predicted octanol–water partition coefficient (Wildman–Crippen LogP) is 3.85. The molecule has 0 aliphatic carbocycles. The highest BCUT2D eigenvalue weighted by molar-refractivity contribution is 6.36. The maximum absolute atomic E-state index is 13.0. The summed E-state index contributed by atoms with van der Waals surface area (Å²) < 4.78 is 5.13. The average Bonchev–Trinajstić information content (AvgIpc) is 2.66. The molecule has 1 heterocycles. The third-order valence-corrected chi connectivity index (χ3v) is 4.62. The average molecular weight is 345 g/mol. The summed E-state index contributed by atoms with van der Waals surface area (Å²) in [5, 5.41) is 1.17. The number of anilines is 1. The number of rotatable bonds is 3. The van der Waals surface area contributed by atoms with Crippen molar-refractivity contribution in [3.8, 4) is 5.75 Å². The molecule has 1 aliphatic rings. The summed E-state index contributed by atoms with van der Waals surface area (Å²) in [7, 11) is 1.55. The van der Waals surface area contributed by atoms with E-state index in [1.54, 1.807) is 61.7 Å². The van der Waals surface area contributed by atoms with Crippen molar-refractivity contribution in [3.05, 3.63) is 71.3 Å². The van der Waals surface area contributed by atoms with Crippen LogP contribution >= 0.6 is 0 Å². The quantitative estimate of drug-likeness (QED) is 0.534. The third-order valence-electron chi connectivity index (χ3n) is 4.62. The zero-order valence-electron chi connectivity index (χ0n) is 14.3. The van der Waals surface area contributed by atoms with Gasteiger partial charge in [-0.05, 0) is 54.8 Å². The van der Waals surface area contributed by atoms with Crippen molar-refractivity contribution in [3.63, 3.8) is 0 Å². The first-order valence-electron chi connectivity index (χ1n) is 8.12. The Hall–Kier alpha value is -3.47. The number of nitrogens with zero attached hydrogens (tertiary/aromatic N) is 1. The highest BCUT2D eigenvalue weighted by Crippen LogP contribution is 2.34. The fraction of sp³-hybridized carbons (Fsp3) is 0.0952. The van der Waals surface area contributed by atoms with Crippen LogP contribution in [-0.2, 0) is 0 Å². The summed E-state index contributed by atoms with van der Waals surface area (Å²) in [6, 6.07) is 15.2. The second-order valence-electron chi connectivity index (χ2n) is 6.09. The molecule has 0 saturated carbocycles. The Morgan fingerprint density at radius 3 is 2.15 bits per heavy atom. The van der Waals surface area contributed by atoms with Crippen LogP contribution in [0.5, 0.6) is 5.75 Å². The number of methoxy groups -OCH3 is 1. The number of hydrogen-bond donors (Lipinski definition) is 0. The lowest BCUT2D eigenvalue weighted by molar-refractivity contribution is 0.0892. The highest BCUT2D eigenvalue weighted by Gasteiger charge is 2.34. The molecule has 3 aromatic carbocycles. The minimum absolute atomic E-state index is 0.105. The minimum atomic E-state index is -0.404. The van der Waals surface area contributed by atoms with E-state index in [0.717, 1.165) is 4.90 Å². The van der Waals surface area contributed by atoms with E-state index in [2.05, 4.69) is 0 Å². The summed E-state index contributed by atoms with van der Waals surface area (Å²) in [5.74, 6) is -0.275. The SMILES string of the molecule is COc1ccc(N2C(=O)c3cccc4c(C(C)=O)ccc(c34)C2=O)cc1. The largest absolute Gasteiger partial charge is 0.497 e. The number of Topliss-reactive ketones (excluding diaryl/α,β-unsaturated/α-hetero) is 1. The molecule has 4 rings (SSSR count). The molecule has 0 aromatic heterocycles. The molecule has 0 fully saturated rings. The van der Waals surface area contributed by atoms with E-state index >= 15 is 0 Å². The molecule has 0 radical (unpaired) electrons. The molecule has 5 heteroatoms. The Kier molecular flexibility index (Phi) is 3.58. The zero-order chi connectivity index (χ0) is 18.4. The van der Waals surface area contributed by atoms with Gasteiger partial charge in [-0.2, -0.15) is 0 Å². The molecule has 3 aromatic rings. The molecule has 128 valence electrons. The normalized spacial score (nSPS) is 13.2. The number of carbonyl (C=O) groups is 3. The molecular formula is C21H15NO4. The van der Waals surface area contributed by atoms with Crippen LogP contribution in [0.25, 0.3) is 10.8 Å². The van der Waals surface area contributed by atoms with E-state index in [-0.39, 0.29) is 5.78 Å². The van der Waals surface area contributed by atoms with Gasteiger partial charge < -0.3 is 4.74 Å². The van der Waals surface area contributed by atoms with Crippen molar-refractivity contribution in [2.45, 2.75) is 6.92 Å². The van der Waals surface area contributed by atoms with Gasteiger partial charge in [0.25, 0.3) is 11.8 Å². The van der Waals surface area contributed by atoms with E-state index in [1.165, 1.54) is 6.92 Å². The van der Waals surface area contributed by atoms with Crippen molar-refractivity contribution in [2.75, 3.05) is 12.0 Å². The van der Waals surface area contributed by atoms with Crippen LogP contribution in [0.15, 0.2) is 54.6 Å². The molecule has 1 aliphatic heterocycles. The third kappa shape index (κ3) is 2.21. The lowest BCUT2D eigenvalue weighted by Gasteiger charge is -2.27. The maximum Gasteiger partial charge on any atom is 0.265 e. The number of ketones is 1. The predicted molar refractivity (Wildman–Crippen MR) is 98.1 cm³/mol. The molecule has 26 heavy (non-hydrogen) atoms. The summed E-state index contributed by atoms with van der Waals surface area (Å²) >= 11 is 0. The van der Waals surface area contributed by atoms with Crippen molar-refractivity contribution < 1.29 is 19.1 Å². The van der Waals surface area contributed by atoms with Gasteiger partial charge in [0.2, 0.25) is 0 Å². The van der Waals surface area contributed by atoms with Crippen LogP contribution in [0.1, 0.15) is 38.0 Å². The molecular weight excluding hydrogens is 330 g/mol. The molecule has 0 atom stereocenters. The molecule has 5 nitrogen and oxygen atoms in total. The molecule has 0 unspecified atom stereocenters. The second kappa shape index (κ2) is 5.81. The molecule has 0 saturated heterocycles. The smallest absolute Gasteiger partial charge is 0.265 e. The van der Waals surface area contributed by atoms with Gasteiger partial charge in [-0.15, -0.1) is 0 Å². The van der Waals surface area contributed by atoms with Crippen LogP contribution in [0.4, 0.5) is 5.69 Å². The van der Waals surface area contributed by atoms with Gasteiger partial charge in [0, 0.05) is 22.1 Å². The van der Waals surface area contributed by atoms with Gasteiger partial charge in [0.05, 0.1) is 12.8 Å². The standard InChI is InChI=1S/C21H15NO4/c1-12(23)15-10-11-18-19-16(15)4-3-5-17(19)20(24)22(21(18)25)13-6-8-14(26-2)9-7-13/h3-11H,1-2H3. The number of imide groups is 1. The van der Waals surface area contributed by atoms with Gasteiger partial charge in [0.15, 0.2) is 5.78 Å². The summed E-state index contributed by atoms with van der Waals surface area (Å²) in [4.78, 5) is 39.1. The number of ether oxygens (including phenoxy) is 1. The Labute approximate surface area is 149 Å². The van der Waals surface area contributed by atoms with E-state index in [1.807, 2.05) is 0 Å². The second-order valence-corrected chi connectivity index (χ2v) is 6.09. The van der Waals surface area contributed by atoms with Crippen molar-refractivity contribution in [1.29, 1.82) is 0 Å². The monoisotopic (exact) mass is 345 g/mol.